The van der Waals surface area contributed by atoms with Gasteiger partial charge in [-0.1, -0.05) is 6.07 Å². The van der Waals surface area contributed by atoms with E-state index < -0.39 is 5.60 Å². The second-order valence-electron chi connectivity index (χ2n) is 5.42. The fraction of sp³-hybridized carbons (Fsp3) is 0.571. The summed E-state index contributed by atoms with van der Waals surface area (Å²) in [5.41, 5.74) is 0.282. The van der Waals surface area contributed by atoms with Crippen LogP contribution in [0.5, 0.6) is 5.75 Å². The zero-order chi connectivity index (χ0) is 11.9. The minimum Gasteiger partial charge on any atom is -0.490 e. The molecule has 2 nitrogen and oxygen atoms in total. The molecule has 0 radical (unpaired) electrons. The zero-order valence-electron chi connectivity index (χ0n) is 9.79. The van der Waals surface area contributed by atoms with Crippen LogP contribution in [0.2, 0.25) is 0 Å². The molecule has 2 fully saturated rings. The highest BCUT2D eigenvalue weighted by molar-refractivity contribution is 5.31. The molecule has 0 aliphatic heterocycles. The van der Waals surface area contributed by atoms with Crippen molar-refractivity contribution in [2.45, 2.75) is 37.7 Å². The van der Waals surface area contributed by atoms with E-state index in [1.165, 1.54) is 18.9 Å². The second-order valence-corrected chi connectivity index (χ2v) is 5.42. The van der Waals surface area contributed by atoms with Gasteiger partial charge in [-0.25, -0.2) is 4.39 Å². The van der Waals surface area contributed by atoms with E-state index in [0.717, 1.165) is 18.4 Å². The van der Waals surface area contributed by atoms with Crippen LogP contribution >= 0.6 is 0 Å². The van der Waals surface area contributed by atoms with Crippen molar-refractivity contribution in [2.75, 3.05) is 6.61 Å². The van der Waals surface area contributed by atoms with Crippen LogP contribution in [0.15, 0.2) is 18.2 Å². The number of halogens is 1. The van der Waals surface area contributed by atoms with Crippen molar-refractivity contribution in [2.24, 2.45) is 5.92 Å². The second kappa shape index (κ2) is 3.98. The van der Waals surface area contributed by atoms with Gasteiger partial charge in [0, 0.05) is 6.42 Å². The highest BCUT2D eigenvalue weighted by atomic mass is 19.1. The largest absolute Gasteiger partial charge is 0.490 e. The minimum absolute atomic E-state index is 0.313. The van der Waals surface area contributed by atoms with E-state index in [-0.39, 0.29) is 5.82 Å². The van der Waals surface area contributed by atoms with Crippen LogP contribution in [-0.4, -0.2) is 17.3 Å². The van der Waals surface area contributed by atoms with E-state index in [1.54, 1.807) is 6.07 Å². The van der Waals surface area contributed by atoms with Crippen molar-refractivity contribution in [3.63, 3.8) is 0 Å². The van der Waals surface area contributed by atoms with E-state index in [4.69, 9.17) is 4.74 Å². The summed E-state index contributed by atoms with van der Waals surface area (Å²) in [6.45, 7) is 0.625. The first kappa shape index (κ1) is 11.0. The quantitative estimate of drug-likeness (QED) is 0.851. The fourth-order valence-corrected chi connectivity index (χ4v) is 1.96. The predicted molar refractivity (Wildman–Crippen MR) is 62.5 cm³/mol. The Labute approximate surface area is 100 Å². The monoisotopic (exact) mass is 236 g/mol. The summed E-state index contributed by atoms with van der Waals surface area (Å²) in [7, 11) is 0. The van der Waals surface area contributed by atoms with Gasteiger partial charge in [0.05, 0.1) is 12.2 Å². The first-order valence-corrected chi connectivity index (χ1v) is 6.28. The predicted octanol–water partition coefficient (Wildman–Crippen LogP) is 2.68. The van der Waals surface area contributed by atoms with Gasteiger partial charge < -0.3 is 9.84 Å². The summed E-state index contributed by atoms with van der Waals surface area (Å²) in [5.74, 6) is 0.650. The van der Waals surface area contributed by atoms with Crippen LogP contribution in [0.3, 0.4) is 0 Å². The molecule has 2 aliphatic rings. The molecule has 1 aromatic rings. The lowest BCUT2D eigenvalue weighted by Gasteiger charge is -2.10. The Kier molecular flexibility index (Phi) is 2.58. The molecule has 0 aromatic heterocycles. The van der Waals surface area contributed by atoms with Crippen LogP contribution < -0.4 is 4.74 Å². The summed E-state index contributed by atoms with van der Waals surface area (Å²) in [6.07, 6.45) is 4.61. The zero-order valence-corrected chi connectivity index (χ0v) is 9.79. The smallest absolute Gasteiger partial charge is 0.165 e. The Bertz CT molecular complexity index is 422. The Balaban J connectivity index is 1.64. The third kappa shape index (κ3) is 2.78. The van der Waals surface area contributed by atoms with Crippen LogP contribution in [0, 0.1) is 11.7 Å². The number of aliphatic hydroxyl groups is 1. The average Bonchev–Trinajstić information content (AvgIpc) is 3.16. The maximum absolute atomic E-state index is 13.7. The van der Waals surface area contributed by atoms with E-state index in [9.17, 15) is 9.50 Å². The third-order valence-electron chi connectivity index (χ3n) is 3.53. The SMILES string of the molecule is OC1(Cc2ccc(OCC3CC3)c(F)c2)CC1. The summed E-state index contributed by atoms with van der Waals surface area (Å²) >= 11 is 0. The molecule has 1 aromatic carbocycles. The molecule has 92 valence electrons. The van der Waals surface area contributed by atoms with E-state index in [2.05, 4.69) is 0 Å². The van der Waals surface area contributed by atoms with Gasteiger partial charge in [0.25, 0.3) is 0 Å². The minimum atomic E-state index is -0.567. The first-order chi connectivity index (χ1) is 8.15. The summed E-state index contributed by atoms with van der Waals surface area (Å²) in [6, 6.07) is 5.01. The number of benzene rings is 1. The molecular formula is C14H17FO2. The van der Waals surface area contributed by atoms with Gasteiger partial charge in [0.2, 0.25) is 0 Å². The molecule has 0 spiro atoms. The normalized spacial score (nSPS) is 21.3. The maximum Gasteiger partial charge on any atom is 0.165 e. The van der Waals surface area contributed by atoms with Gasteiger partial charge in [-0.15, -0.1) is 0 Å². The topological polar surface area (TPSA) is 29.5 Å². The van der Waals surface area contributed by atoms with Gasteiger partial charge in [-0.3, -0.25) is 0 Å². The van der Waals surface area contributed by atoms with Crippen molar-refractivity contribution >= 4 is 0 Å². The lowest BCUT2D eigenvalue weighted by Crippen LogP contribution is -2.11. The fourth-order valence-electron chi connectivity index (χ4n) is 1.96. The summed E-state index contributed by atoms with van der Waals surface area (Å²) in [4.78, 5) is 0. The Hall–Kier alpha value is -1.09. The van der Waals surface area contributed by atoms with Crippen LogP contribution in [-0.2, 0) is 6.42 Å². The lowest BCUT2D eigenvalue weighted by atomic mass is 10.1. The number of hydrogen-bond donors (Lipinski definition) is 1. The molecule has 3 heteroatoms. The first-order valence-electron chi connectivity index (χ1n) is 6.28. The number of ether oxygens (including phenoxy) is 1. The van der Waals surface area contributed by atoms with Crippen molar-refractivity contribution in [3.05, 3.63) is 29.6 Å². The molecular weight excluding hydrogens is 219 g/mol. The molecule has 0 atom stereocenters. The van der Waals surface area contributed by atoms with Gasteiger partial charge in [-0.2, -0.15) is 0 Å². The van der Waals surface area contributed by atoms with Crippen LogP contribution in [0.1, 0.15) is 31.2 Å². The van der Waals surface area contributed by atoms with Crippen molar-refractivity contribution in [1.29, 1.82) is 0 Å². The van der Waals surface area contributed by atoms with Gasteiger partial charge in [-0.05, 0) is 49.3 Å². The molecule has 2 aliphatic carbocycles. The highest BCUT2D eigenvalue weighted by Gasteiger charge is 2.40. The number of rotatable bonds is 5. The van der Waals surface area contributed by atoms with Gasteiger partial charge in [0.15, 0.2) is 11.6 Å². The molecule has 3 rings (SSSR count). The third-order valence-corrected chi connectivity index (χ3v) is 3.53. The standard InChI is InChI=1S/C14H17FO2/c15-12-7-11(8-14(16)5-6-14)3-4-13(12)17-9-10-1-2-10/h3-4,7,10,16H,1-2,5-6,8-9H2. The molecule has 0 heterocycles. The molecule has 0 unspecified atom stereocenters. The van der Waals surface area contributed by atoms with E-state index in [0.29, 0.717) is 24.7 Å². The maximum atomic E-state index is 13.7. The lowest BCUT2D eigenvalue weighted by molar-refractivity contribution is 0.151. The van der Waals surface area contributed by atoms with Crippen molar-refractivity contribution < 1.29 is 14.2 Å². The number of hydrogen-bond acceptors (Lipinski definition) is 2. The van der Waals surface area contributed by atoms with Crippen LogP contribution in [0.4, 0.5) is 4.39 Å². The Morgan fingerprint density at radius 2 is 2.12 bits per heavy atom. The highest BCUT2D eigenvalue weighted by Crippen LogP contribution is 2.38. The molecule has 0 amide bonds. The molecule has 0 saturated heterocycles. The molecule has 1 N–H and O–H groups in total. The van der Waals surface area contributed by atoms with Crippen molar-refractivity contribution in [3.8, 4) is 5.75 Å². The van der Waals surface area contributed by atoms with Crippen LogP contribution in [0.25, 0.3) is 0 Å². The van der Waals surface area contributed by atoms with E-state index in [1.807, 2.05) is 6.07 Å². The molecule has 2 saturated carbocycles. The van der Waals surface area contributed by atoms with Gasteiger partial charge >= 0.3 is 0 Å². The molecule has 0 bridgehead atoms. The summed E-state index contributed by atoms with van der Waals surface area (Å²) < 4.78 is 19.1. The van der Waals surface area contributed by atoms with E-state index >= 15 is 0 Å². The molecule has 17 heavy (non-hydrogen) atoms. The Morgan fingerprint density at radius 1 is 1.35 bits per heavy atom. The Morgan fingerprint density at radius 3 is 2.71 bits per heavy atom. The average molecular weight is 236 g/mol. The van der Waals surface area contributed by atoms with Crippen molar-refractivity contribution in [1.82, 2.24) is 0 Å². The summed E-state index contributed by atoms with van der Waals surface area (Å²) in [5, 5.41) is 9.77. The van der Waals surface area contributed by atoms with Gasteiger partial charge in [0.1, 0.15) is 0 Å².